The van der Waals surface area contributed by atoms with E-state index in [2.05, 4.69) is 17.4 Å². The second kappa shape index (κ2) is 5.76. The van der Waals surface area contributed by atoms with Gasteiger partial charge in [0.05, 0.1) is 0 Å². The number of amides is 2. The molecule has 0 radical (unpaired) electrons. The summed E-state index contributed by atoms with van der Waals surface area (Å²) in [6.07, 6.45) is 1.92. The third-order valence-corrected chi connectivity index (χ3v) is 4.61. The molecule has 5 heteroatoms. The molecule has 0 spiro atoms. The first-order valence-corrected chi connectivity index (χ1v) is 7.55. The van der Waals surface area contributed by atoms with Crippen molar-refractivity contribution in [2.45, 2.75) is 25.2 Å². The zero-order valence-electron chi connectivity index (χ0n) is 12.0. The molecule has 2 aliphatic heterocycles. The molecule has 0 saturated carbocycles. The van der Waals surface area contributed by atoms with E-state index in [0.717, 1.165) is 12.2 Å². The van der Waals surface area contributed by atoms with Gasteiger partial charge in [0, 0.05) is 43.6 Å². The number of nitrogens with one attached hydrogen (secondary N) is 1. The number of benzene rings is 1. The van der Waals surface area contributed by atoms with E-state index in [-0.39, 0.29) is 23.7 Å². The Bertz CT molecular complexity index is 550. The second-order valence-electron chi connectivity index (χ2n) is 5.93. The number of hydrogen-bond donors (Lipinski definition) is 2. The van der Waals surface area contributed by atoms with Crippen LogP contribution in [0.2, 0.25) is 0 Å². The van der Waals surface area contributed by atoms with E-state index in [1.165, 1.54) is 5.56 Å². The number of rotatable bonds is 3. The van der Waals surface area contributed by atoms with Crippen molar-refractivity contribution in [2.75, 3.05) is 25.0 Å². The molecule has 2 heterocycles. The highest BCUT2D eigenvalue weighted by molar-refractivity contribution is 5.80. The standard InChI is InChI=1S/C16H21N3O2/c17-16(21)11-5-7-19(8-6-11)15(20)9-12-10-18-14-4-2-1-3-13(12)14/h1-4,11-12,18H,5-10H2,(H2,17,21). The first kappa shape index (κ1) is 13.9. The Morgan fingerprint density at radius 2 is 1.95 bits per heavy atom. The number of para-hydroxylation sites is 1. The predicted octanol–water partition coefficient (Wildman–Crippen LogP) is 1.31. The number of primary amides is 1. The van der Waals surface area contributed by atoms with Crippen molar-refractivity contribution in [1.82, 2.24) is 4.90 Å². The van der Waals surface area contributed by atoms with E-state index >= 15 is 0 Å². The van der Waals surface area contributed by atoms with Crippen molar-refractivity contribution >= 4 is 17.5 Å². The van der Waals surface area contributed by atoms with Crippen LogP contribution in [0.4, 0.5) is 5.69 Å². The maximum absolute atomic E-state index is 12.4. The van der Waals surface area contributed by atoms with Crippen LogP contribution < -0.4 is 11.1 Å². The highest BCUT2D eigenvalue weighted by atomic mass is 16.2. The SMILES string of the molecule is NC(=O)C1CCN(C(=O)CC2CNc3ccccc32)CC1. The third kappa shape index (κ3) is 2.86. The highest BCUT2D eigenvalue weighted by Gasteiger charge is 2.29. The number of carbonyl (C=O) groups excluding carboxylic acids is 2. The summed E-state index contributed by atoms with van der Waals surface area (Å²) in [5.74, 6) is 0.128. The van der Waals surface area contributed by atoms with Crippen molar-refractivity contribution in [3.8, 4) is 0 Å². The Balaban J connectivity index is 1.57. The van der Waals surface area contributed by atoms with E-state index in [0.29, 0.717) is 32.4 Å². The minimum atomic E-state index is -0.240. The molecule has 0 aliphatic carbocycles. The average Bonchev–Trinajstić information content (AvgIpc) is 2.91. The Morgan fingerprint density at radius 3 is 2.67 bits per heavy atom. The van der Waals surface area contributed by atoms with Gasteiger partial charge in [0.15, 0.2) is 0 Å². The van der Waals surface area contributed by atoms with Gasteiger partial charge < -0.3 is 16.0 Å². The summed E-state index contributed by atoms with van der Waals surface area (Å²) in [7, 11) is 0. The number of hydrogen-bond acceptors (Lipinski definition) is 3. The van der Waals surface area contributed by atoms with Crippen LogP contribution in [0.3, 0.4) is 0 Å². The minimum Gasteiger partial charge on any atom is -0.384 e. The van der Waals surface area contributed by atoms with Crippen molar-refractivity contribution in [2.24, 2.45) is 11.7 Å². The molecule has 5 nitrogen and oxygen atoms in total. The van der Waals surface area contributed by atoms with Crippen molar-refractivity contribution < 1.29 is 9.59 Å². The Labute approximate surface area is 124 Å². The van der Waals surface area contributed by atoms with E-state index in [4.69, 9.17) is 5.73 Å². The monoisotopic (exact) mass is 287 g/mol. The van der Waals surface area contributed by atoms with Crippen LogP contribution in [0.1, 0.15) is 30.7 Å². The molecule has 112 valence electrons. The molecular formula is C16H21N3O2. The van der Waals surface area contributed by atoms with Crippen LogP contribution in [-0.2, 0) is 9.59 Å². The fraction of sp³-hybridized carbons (Fsp3) is 0.500. The lowest BCUT2D eigenvalue weighted by Gasteiger charge is -2.31. The van der Waals surface area contributed by atoms with Crippen LogP contribution in [0.25, 0.3) is 0 Å². The minimum absolute atomic E-state index is 0.0667. The second-order valence-corrected chi connectivity index (χ2v) is 5.93. The fourth-order valence-corrected chi connectivity index (χ4v) is 3.29. The molecule has 2 amide bonds. The number of carbonyl (C=O) groups is 2. The smallest absolute Gasteiger partial charge is 0.223 e. The van der Waals surface area contributed by atoms with Crippen LogP contribution in [0.15, 0.2) is 24.3 Å². The first-order valence-electron chi connectivity index (χ1n) is 7.55. The maximum Gasteiger partial charge on any atom is 0.223 e. The van der Waals surface area contributed by atoms with Crippen molar-refractivity contribution in [3.05, 3.63) is 29.8 Å². The third-order valence-electron chi connectivity index (χ3n) is 4.61. The van der Waals surface area contributed by atoms with E-state index in [1.807, 2.05) is 17.0 Å². The number of fused-ring (bicyclic) bond motifs is 1. The van der Waals surface area contributed by atoms with Gasteiger partial charge in [-0.15, -0.1) is 0 Å². The molecular weight excluding hydrogens is 266 g/mol. The summed E-state index contributed by atoms with van der Waals surface area (Å²) in [5.41, 5.74) is 7.70. The molecule has 1 saturated heterocycles. The zero-order valence-corrected chi connectivity index (χ0v) is 12.0. The summed E-state index contributed by atoms with van der Waals surface area (Å²) in [4.78, 5) is 25.5. The number of nitrogens with two attached hydrogens (primary N) is 1. The van der Waals surface area contributed by atoms with Crippen LogP contribution in [0.5, 0.6) is 0 Å². The predicted molar refractivity (Wildman–Crippen MR) is 80.8 cm³/mol. The average molecular weight is 287 g/mol. The van der Waals surface area contributed by atoms with E-state index in [1.54, 1.807) is 0 Å². The quantitative estimate of drug-likeness (QED) is 0.880. The van der Waals surface area contributed by atoms with Gasteiger partial charge in [-0.1, -0.05) is 18.2 Å². The van der Waals surface area contributed by atoms with Gasteiger partial charge in [-0.05, 0) is 24.5 Å². The Hall–Kier alpha value is -2.04. The molecule has 1 unspecified atom stereocenters. The molecule has 21 heavy (non-hydrogen) atoms. The summed E-state index contributed by atoms with van der Waals surface area (Å²) in [6.45, 7) is 2.12. The molecule has 1 fully saturated rings. The van der Waals surface area contributed by atoms with Gasteiger partial charge in [-0.2, -0.15) is 0 Å². The van der Waals surface area contributed by atoms with E-state index in [9.17, 15) is 9.59 Å². The number of anilines is 1. The molecule has 3 N–H and O–H groups in total. The fourth-order valence-electron chi connectivity index (χ4n) is 3.29. The summed E-state index contributed by atoms with van der Waals surface area (Å²) in [6, 6.07) is 8.16. The lowest BCUT2D eigenvalue weighted by Crippen LogP contribution is -2.42. The maximum atomic E-state index is 12.4. The molecule has 1 atom stereocenters. The topological polar surface area (TPSA) is 75.4 Å². The Kier molecular flexibility index (Phi) is 3.82. The van der Waals surface area contributed by atoms with Crippen LogP contribution >= 0.6 is 0 Å². The molecule has 2 aliphatic rings. The lowest BCUT2D eigenvalue weighted by molar-refractivity contribution is -0.135. The van der Waals surface area contributed by atoms with Gasteiger partial charge in [0.1, 0.15) is 0 Å². The molecule has 3 rings (SSSR count). The first-order chi connectivity index (χ1) is 10.1. The summed E-state index contributed by atoms with van der Waals surface area (Å²) < 4.78 is 0. The largest absolute Gasteiger partial charge is 0.384 e. The van der Waals surface area contributed by atoms with Crippen molar-refractivity contribution in [3.63, 3.8) is 0 Å². The zero-order chi connectivity index (χ0) is 14.8. The normalized spacial score (nSPS) is 21.7. The molecule has 0 bridgehead atoms. The van der Waals surface area contributed by atoms with Gasteiger partial charge in [-0.3, -0.25) is 9.59 Å². The van der Waals surface area contributed by atoms with Crippen molar-refractivity contribution in [1.29, 1.82) is 0 Å². The molecule has 1 aromatic carbocycles. The lowest BCUT2D eigenvalue weighted by atomic mass is 9.94. The van der Waals surface area contributed by atoms with Gasteiger partial charge >= 0.3 is 0 Å². The van der Waals surface area contributed by atoms with Crippen LogP contribution in [0, 0.1) is 5.92 Å². The Morgan fingerprint density at radius 1 is 1.24 bits per heavy atom. The van der Waals surface area contributed by atoms with Gasteiger partial charge in [0.2, 0.25) is 11.8 Å². The number of piperidine rings is 1. The molecule has 1 aromatic rings. The van der Waals surface area contributed by atoms with Gasteiger partial charge in [0.25, 0.3) is 0 Å². The number of nitrogens with zero attached hydrogens (tertiary/aromatic N) is 1. The van der Waals surface area contributed by atoms with Crippen LogP contribution in [-0.4, -0.2) is 36.3 Å². The highest BCUT2D eigenvalue weighted by Crippen LogP contribution is 2.33. The van der Waals surface area contributed by atoms with Gasteiger partial charge in [-0.25, -0.2) is 0 Å². The molecule has 0 aromatic heterocycles. The van der Waals surface area contributed by atoms with E-state index < -0.39 is 0 Å². The summed E-state index contributed by atoms with van der Waals surface area (Å²) in [5, 5.41) is 3.35. The summed E-state index contributed by atoms with van der Waals surface area (Å²) >= 11 is 0. The number of likely N-dealkylation sites (tertiary alicyclic amines) is 1.